The number of carbonyl (C=O) groups is 2. The first-order chi connectivity index (χ1) is 14.7. The van der Waals surface area contributed by atoms with Gasteiger partial charge in [-0.15, -0.1) is 11.3 Å². The van der Waals surface area contributed by atoms with Crippen LogP contribution in [0.2, 0.25) is 0 Å². The van der Waals surface area contributed by atoms with Crippen LogP contribution in [0.3, 0.4) is 0 Å². The Balaban J connectivity index is 1.21. The van der Waals surface area contributed by atoms with Crippen molar-refractivity contribution in [1.29, 1.82) is 0 Å². The third-order valence-electron chi connectivity index (χ3n) is 5.91. The quantitative estimate of drug-likeness (QED) is 0.580. The van der Waals surface area contributed by atoms with Crippen molar-refractivity contribution in [2.45, 2.75) is 5.92 Å². The molecule has 1 amide bonds. The molecule has 0 unspecified atom stereocenters. The predicted octanol–water partition coefficient (Wildman–Crippen LogP) is 4.63. The number of piperazine rings is 1. The average molecular weight is 419 g/mol. The van der Waals surface area contributed by atoms with Gasteiger partial charge in [0.25, 0.3) is 0 Å². The molecular formula is C24H22N2O3S. The number of anilines is 1. The predicted molar refractivity (Wildman–Crippen MR) is 119 cm³/mol. The third-order valence-corrected chi connectivity index (χ3v) is 6.99. The van der Waals surface area contributed by atoms with Gasteiger partial charge in [0, 0.05) is 32.1 Å². The number of amides is 1. The minimum atomic E-state index is -0.253. The molecule has 2 aliphatic rings. The summed E-state index contributed by atoms with van der Waals surface area (Å²) < 4.78 is 5.77. The highest BCUT2D eigenvalue weighted by Crippen LogP contribution is 2.44. The topological polar surface area (TPSA) is 49.9 Å². The van der Waals surface area contributed by atoms with Crippen LogP contribution in [0, 0.1) is 0 Å². The summed E-state index contributed by atoms with van der Waals surface area (Å²) in [6.45, 7) is 3.06. The van der Waals surface area contributed by atoms with Crippen molar-refractivity contribution in [3.63, 3.8) is 0 Å². The number of carbonyl (C=O) groups excluding carboxylic acids is 2. The standard InChI is InChI=1S/C24H22N2O3S/c27-15-17-9-10-23(30-17)25-11-13-26(14-12-25)24(28)29-16-22-20-7-3-1-5-18(20)19-6-2-4-8-21(19)22/h1-10,15,22H,11-14,16H2. The number of thiophene rings is 1. The Morgan fingerprint density at radius 3 is 2.17 bits per heavy atom. The maximum absolute atomic E-state index is 12.7. The van der Waals surface area contributed by atoms with Crippen LogP contribution in [-0.4, -0.2) is 50.1 Å². The number of rotatable bonds is 4. The Kier molecular flexibility index (Phi) is 5.01. The van der Waals surface area contributed by atoms with E-state index in [1.807, 2.05) is 24.3 Å². The van der Waals surface area contributed by atoms with E-state index >= 15 is 0 Å². The lowest BCUT2D eigenvalue weighted by atomic mass is 9.98. The molecule has 2 aromatic carbocycles. The summed E-state index contributed by atoms with van der Waals surface area (Å²) in [5, 5.41) is 1.07. The van der Waals surface area contributed by atoms with Gasteiger partial charge in [-0.05, 0) is 34.4 Å². The van der Waals surface area contributed by atoms with Gasteiger partial charge in [-0.1, -0.05) is 48.5 Å². The van der Waals surface area contributed by atoms with Crippen LogP contribution in [0.25, 0.3) is 11.1 Å². The van der Waals surface area contributed by atoms with Gasteiger partial charge in [0.1, 0.15) is 6.61 Å². The molecule has 0 radical (unpaired) electrons. The van der Waals surface area contributed by atoms with Crippen LogP contribution in [0.4, 0.5) is 9.80 Å². The largest absolute Gasteiger partial charge is 0.448 e. The molecule has 2 heterocycles. The zero-order chi connectivity index (χ0) is 20.5. The maximum atomic E-state index is 12.7. The van der Waals surface area contributed by atoms with Gasteiger partial charge in [0.05, 0.1) is 9.88 Å². The number of nitrogens with zero attached hydrogens (tertiary/aromatic N) is 2. The maximum Gasteiger partial charge on any atom is 0.409 e. The van der Waals surface area contributed by atoms with Gasteiger partial charge in [0.2, 0.25) is 0 Å². The molecule has 1 aromatic heterocycles. The SMILES string of the molecule is O=Cc1ccc(N2CCN(C(=O)OCC3c4ccccc4-c4ccccc43)CC2)s1. The molecule has 0 saturated carbocycles. The van der Waals surface area contributed by atoms with Crippen molar-refractivity contribution < 1.29 is 14.3 Å². The van der Waals surface area contributed by atoms with Gasteiger partial charge >= 0.3 is 6.09 Å². The van der Waals surface area contributed by atoms with Crippen molar-refractivity contribution in [2.75, 3.05) is 37.7 Å². The van der Waals surface area contributed by atoms with Crippen molar-refractivity contribution in [1.82, 2.24) is 4.90 Å². The number of hydrogen-bond donors (Lipinski definition) is 0. The first kappa shape index (κ1) is 18.9. The number of hydrogen-bond acceptors (Lipinski definition) is 5. The second kappa shape index (κ2) is 7.95. The second-order valence-corrected chi connectivity index (χ2v) is 8.67. The van der Waals surface area contributed by atoms with E-state index in [2.05, 4.69) is 41.3 Å². The summed E-state index contributed by atoms with van der Waals surface area (Å²) in [7, 11) is 0. The highest BCUT2D eigenvalue weighted by Gasteiger charge is 2.30. The van der Waals surface area contributed by atoms with Crippen molar-refractivity contribution in [3.8, 4) is 11.1 Å². The molecule has 1 aliphatic heterocycles. The van der Waals surface area contributed by atoms with Crippen LogP contribution in [-0.2, 0) is 4.74 Å². The zero-order valence-electron chi connectivity index (χ0n) is 16.5. The molecule has 0 atom stereocenters. The molecule has 1 saturated heterocycles. The summed E-state index contributed by atoms with van der Waals surface area (Å²) in [6, 6.07) is 20.5. The molecule has 152 valence electrons. The molecule has 6 heteroatoms. The van der Waals surface area contributed by atoms with Gasteiger partial charge in [-0.25, -0.2) is 4.79 Å². The van der Waals surface area contributed by atoms with Gasteiger partial charge in [-0.3, -0.25) is 4.79 Å². The van der Waals surface area contributed by atoms with Crippen LogP contribution in [0.1, 0.15) is 26.7 Å². The zero-order valence-corrected chi connectivity index (χ0v) is 17.3. The molecule has 0 spiro atoms. The number of aldehydes is 1. The van der Waals surface area contributed by atoms with Crippen LogP contribution >= 0.6 is 11.3 Å². The number of benzene rings is 2. The lowest BCUT2D eigenvalue weighted by molar-refractivity contribution is 0.0977. The first-order valence-corrected chi connectivity index (χ1v) is 11.0. The highest BCUT2D eigenvalue weighted by atomic mass is 32.1. The van der Waals surface area contributed by atoms with E-state index in [4.69, 9.17) is 4.74 Å². The monoisotopic (exact) mass is 418 g/mol. The van der Waals surface area contributed by atoms with E-state index < -0.39 is 0 Å². The van der Waals surface area contributed by atoms with Gasteiger partial charge < -0.3 is 14.5 Å². The minimum Gasteiger partial charge on any atom is -0.448 e. The van der Waals surface area contributed by atoms with E-state index in [1.54, 1.807) is 4.90 Å². The average Bonchev–Trinajstić information content (AvgIpc) is 3.41. The van der Waals surface area contributed by atoms with E-state index in [9.17, 15) is 9.59 Å². The molecule has 5 rings (SSSR count). The van der Waals surface area contributed by atoms with E-state index in [-0.39, 0.29) is 12.0 Å². The van der Waals surface area contributed by atoms with Crippen molar-refractivity contribution in [2.24, 2.45) is 0 Å². The molecule has 30 heavy (non-hydrogen) atoms. The summed E-state index contributed by atoms with van der Waals surface area (Å²) in [6.07, 6.45) is 0.623. The Labute approximate surface area is 179 Å². The van der Waals surface area contributed by atoms with Crippen LogP contribution < -0.4 is 4.90 Å². The fourth-order valence-corrected chi connectivity index (χ4v) is 5.24. The first-order valence-electron chi connectivity index (χ1n) is 10.1. The summed E-state index contributed by atoms with van der Waals surface area (Å²) in [5.41, 5.74) is 4.90. The Bertz CT molecular complexity index is 1040. The minimum absolute atomic E-state index is 0.0792. The molecular weight excluding hydrogens is 396 g/mol. The van der Waals surface area contributed by atoms with Gasteiger partial charge in [0.15, 0.2) is 6.29 Å². The van der Waals surface area contributed by atoms with Crippen LogP contribution in [0.5, 0.6) is 0 Å². The van der Waals surface area contributed by atoms with E-state index in [0.717, 1.165) is 29.3 Å². The van der Waals surface area contributed by atoms with E-state index in [1.165, 1.54) is 33.6 Å². The fourth-order valence-electron chi connectivity index (χ4n) is 4.37. The lowest BCUT2D eigenvalue weighted by Gasteiger charge is -2.34. The smallest absolute Gasteiger partial charge is 0.409 e. The molecule has 1 aliphatic carbocycles. The summed E-state index contributed by atoms with van der Waals surface area (Å²) in [4.78, 5) is 28.3. The van der Waals surface area contributed by atoms with Gasteiger partial charge in [-0.2, -0.15) is 0 Å². The molecule has 5 nitrogen and oxygen atoms in total. The normalized spacial score (nSPS) is 15.6. The molecule has 0 N–H and O–H groups in total. The Morgan fingerprint density at radius 1 is 0.933 bits per heavy atom. The number of ether oxygens (including phenoxy) is 1. The lowest BCUT2D eigenvalue weighted by Crippen LogP contribution is -2.48. The molecule has 1 fully saturated rings. The summed E-state index contributed by atoms with van der Waals surface area (Å²) >= 11 is 1.49. The van der Waals surface area contributed by atoms with Crippen LogP contribution in [0.15, 0.2) is 60.7 Å². The third kappa shape index (κ3) is 3.37. The highest BCUT2D eigenvalue weighted by molar-refractivity contribution is 7.17. The van der Waals surface area contributed by atoms with E-state index in [0.29, 0.717) is 19.7 Å². The number of fused-ring (bicyclic) bond motifs is 3. The molecule has 0 bridgehead atoms. The molecule has 3 aromatic rings. The fraction of sp³-hybridized carbons (Fsp3) is 0.250. The van der Waals surface area contributed by atoms with Crippen molar-refractivity contribution in [3.05, 3.63) is 76.7 Å². The summed E-state index contributed by atoms with van der Waals surface area (Å²) in [5.74, 6) is 0.0792. The second-order valence-electron chi connectivity index (χ2n) is 7.57. The Morgan fingerprint density at radius 2 is 1.57 bits per heavy atom. The Hall–Kier alpha value is -3.12. The van der Waals surface area contributed by atoms with Crippen molar-refractivity contribution >= 4 is 28.7 Å².